The van der Waals surface area contributed by atoms with E-state index in [9.17, 15) is 10.1 Å². The third kappa shape index (κ3) is 6.35. The van der Waals surface area contributed by atoms with Gasteiger partial charge >= 0.3 is 0 Å². The van der Waals surface area contributed by atoms with Gasteiger partial charge in [0.05, 0.1) is 12.1 Å². The number of benzene rings is 1. The predicted molar refractivity (Wildman–Crippen MR) is 134 cm³/mol. The van der Waals surface area contributed by atoms with Crippen molar-refractivity contribution >= 4 is 29.1 Å². The summed E-state index contributed by atoms with van der Waals surface area (Å²) in [5.74, 6) is 1.61. The molecule has 0 N–H and O–H groups in total. The number of aryl methyl sites for hydroxylation is 1. The zero-order valence-corrected chi connectivity index (χ0v) is 20.5. The standard InChI is InChI=1S/C26H31N5OS/c1-5-22-23(17-27)26(33-18-21-11-9-20(10-12-21)8-7-19(2)32)29-25(24(22)28-3)31-14-6-13-30(4)15-16-31/h9-12H,5-8,13-16,18H2,1-2,4H3. The molecule has 0 aliphatic carbocycles. The monoisotopic (exact) mass is 461 g/mol. The Kier molecular flexibility index (Phi) is 8.88. The maximum atomic E-state index is 11.2. The molecule has 6 nitrogen and oxygen atoms in total. The molecule has 2 heterocycles. The number of hydrogen-bond acceptors (Lipinski definition) is 6. The molecule has 1 aliphatic rings. The number of nitriles is 1. The van der Waals surface area contributed by atoms with Crippen LogP contribution in [0.5, 0.6) is 0 Å². The Morgan fingerprint density at radius 2 is 1.94 bits per heavy atom. The Labute approximate surface area is 201 Å². The summed E-state index contributed by atoms with van der Waals surface area (Å²) >= 11 is 1.55. The van der Waals surface area contributed by atoms with E-state index in [1.165, 1.54) is 0 Å². The lowest BCUT2D eigenvalue weighted by Crippen LogP contribution is -2.29. The van der Waals surface area contributed by atoms with Crippen molar-refractivity contribution in [2.45, 2.75) is 50.3 Å². The molecule has 0 atom stereocenters. The average Bonchev–Trinajstić information content (AvgIpc) is 3.05. The van der Waals surface area contributed by atoms with Gasteiger partial charge in [-0.05, 0) is 56.5 Å². The maximum Gasteiger partial charge on any atom is 0.232 e. The third-order valence-corrected chi connectivity index (χ3v) is 7.03. The van der Waals surface area contributed by atoms with Gasteiger partial charge in [-0.25, -0.2) is 9.83 Å². The molecular weight excluding hydrogens is 430 g/mol. The van der Waals surface area contributed by atoms with Crippen molar-refractivity contribution < 1.29 is 4.79 Å². The number of hydrogen-bond donors (Lipinski definition) is 0. The van der Waals surface area contributed by atoms with Gasteiger partial charge in [0.15, 0.2) is 0 Å². The van der Waals surface area contributed by atoms with Gasteiger partial charge in [-0.3, -0.25) is 0 Å². The molecule has 7 heteroatoms. The van der Waals surface area contributed by atoms with E-state index >= 15 is 0 Å². The van der Waals surface area contributed by atoms with Crippen LogP contribution >= 0.6 is 11.8 Å². The lowest BCUT2D eigenvalue weighted by molar-refractivity contribution is -0.116. The summed E-state index contributed by atoms with van der Waals surface area (Å²) in [6.07, 6.45) is 2.97. The van der Waals surface area contributed by atoms with Crippen LogP contribution in [0, 0.1) is 17.9 Å². The van der Waals surface area contributed by atoms with E-state index < -0.39 is 0 Å². The Morgan fingerprint density at radius 1 is 1.21 bits per heavy atom. The second-order valence-electron chi connectivity index (χ2n) is 8.47. The molecule has 3 rings (SSSR count). The highest BCUT2D eigenvalue weighted by atomic mass is 32.2. The number of carbonyl (C=O) groups is 1. The zero-order valence-electron chi connectivity index (χ0n) is 19.7. The molecule has 0 radical (unpaired) electrons. The van der Waals surface area contributed by atoms with Gasteiger partial charge in [-0.2, -0.15) is 5.26 Å². The van der Waals surface area contributed by atoms with Crippen molar-refractivity contribution in [3.63, 3.8) is 0 Å². The average molecular weight is 462 g/mol. The van der Waals surface area contributed by atoms with Crippen LogP contribution in [0.15, 0.2) is 29.3 Å². The topological polar surface area (TPSA) is 64.6 Å². The molecular formula is C26H31N5OS. The molecule has 2 aromatic rings. The van der Waals surface area contributed by atoms with Crippen molar-refractivity contribution in [3.8, 4) is 6.07 Å². The van der Waals surface area contributed by atoms with Crippen LogP contribution in [-0.4, -0.2) is 48.9 Å². The fraction of sp³-hybridized carbons (Fsp3) is 0.462. The first-order chi connectivity index (χ1) is 16.0. The summed E-state index contributed by atoms with van der Waals surface area (Å²) in [5.41, 5.74) is 4.15. The molecule has 1 aromatic heterocycles. The highest BCUT2D eigenvalue weighted by Crippen LogP contribution is 2.39. The first kappa shape index (κ1) is 24.8. The first-order valence-electron chi connectivity index (χ1n) is 11.4. The largest absolute Gasteiger partial charge is 0.364 e. The van der Waals surface area contributed by atoms with E-state index in [2.05, 4.69) is 52.0 Å². The SMILES string of the molecule is [C-]#[N+]c1c(N2CCCN(C)CC2)nc(SCc2ccc(CCC(C)=O)cc2)c(C#N)c1CC. The Hall–Kier alpha value is -2.87. The lowest BCUT2D eigenvalue weighted by Gasteiger charge is -2.25. The second kappa shape index (κ2) is 11.8. The minimum absolute atomic E-state index is 0.200. The number of carbonyl (C=O) groups excluding carboxylic acids is 1. The molecule has 0 saturated carbocycles. The van der Waals surface area contributed by atoms with E-state index in [0.717, 1.165) is 61.5 Å². The number of pyridine rings is 1. The van der Waals surface area contributed by atoms with Crippen LogP contribution in [-0.2, 0) is 23.4 Å². The molecule has 0 bridgehead atoms. The van der Waals surface area contributed by atoms with Crippen LogP contribution in [0.4, 0.5) is 11.5 Å². The second-order valence-corrected chi connectivity index (χ2v) is 9.43. The Balaban J connectivity index is 1.87. The zero-order chi connectivity index (χ0) is 23.8. The summed E-state index contributed by atoms with van der Waals surface area (Å²) < 4.78 is 0. The Morgan fingerprint density at radius 3 is 2.58 bits per heavy atom. The number of rotatable bonds is 8. The van der Waals surface area contributed by atoms with Crippen LogP contribution < -0.4 is 4.90 Å². The molecule has 33 heavy (non-hydrogen) atoms. The van der Waals surface area contributed by atoms with E-state index in [4.69, 9.17) is 11.6 Å². The molecule has 0 spiro atoms. The van der Waals surface area contributed by atoms with Crippen LogP contribution in [0.25, 0.3) is 4.85 Å². The minimum atomic E-state index is 0.200. The summed E-state index contributed by atoms with van der Waals surface area (Å²) in [7, 11) is 2.12. The summed E-state index contributed by atoms with van der Waals surface area (Å²) in [5, 5.41) is 10.6. The van der Waals surface area contributed by atoms with Gasteiger partial charge in [0.1, 0.15) is 22.7 Å². The molecule has 1 aliphatic heterocycles. The molecule has 172 valence electrons. The summed E-state index contributed by atoms with van der Waals surface area (Å²) in [6, 6.07) is 10.6. The molecule has 1 fully saturated rings. The van der Waals surface area contributed by atoms with Gasteiger partial charge in [0.2, 0.25) is 5.69 Å². The normalized spacial score (nSPS) is 14.4. The number of anilines is 1. The molecule has 1 saturated heterocycles. The van der Waals surface area contributed by atoms with Gasteiger partial charge in [0, 0.05) is 31.8 Å². The van der Waals surface area contributed by atoms with Gasteiger partial charge in [0.25, 0.3) is 0 Å². The number of likely N-dealkylation sites (N-methyl/N-ethyl adjacent to an activating group) is 1. The van der Waals surface area contributed by atoms with Gasteiger partial charge in [-0.1, -0.05) is 31.2 Å². The van der Waals surface area contributed by atoms with Crippen molar-refractivity contribution in [2.24, 2.45) is 0 Å². The number of Topliss-reactive ketones (excluding diaryl/α,β-unsaturated/α-hetero) is 1. The van der Waals surface area contributed by atoms with Crippen LogP contribution in [0.3, 0.4) is 0 Å². The van der Waals surface area contributed by atoms with E-state index in [1.54, 1.807) is 18.7 Å². The quantitative estimate of drug-likeness (QED) is 0.406. The van der Waals surface area contributed by atoms with Crippen LogP contribution in [0.1, 0.15) is 48.9 Å². The van der Waals surface area contributed by atoms with E-state index in [-0.39, 0.29) is 5.78 Å². The van der Waals surface area contributed by atoms with Crippen molar-refractivity contribution in [3.05, 3.63) is 57.9 Å². The lowest BCUT2D eigenvalue weighted by atomic mass is 10.1. The van der Waals surface area contributed by atoms with Crippen LogP contribution in [0.2, 0.25) is 0 Å². The number of ketones is 1. The minimum Gasteiger partial charge on any atom is -0.364 e. The highest BCUT2D eigenvalue weighted by molar-refractivity contribution is 7.98. The van der Waals surface area contributed by atoms with E-state index in [1.807, 2.05) is 6.92 Å². The summed E-state index contributed by atoms with van der Waals surface area (Å²) in [4.78, 5) is 24.4. The van der Waals surface area contributed by atoms with Gasteiger partial charge in [-0.15, -0.1) is 11.8 Å². The fourth-order valence-corrected chi connectivity index (χ4v) is 4.98. The molecule has 0 unspecified atom stereocenters. The number of aromatic nitrogens is 1. The first-order valence-corrected chi connectivity index (χ1v) is 12.4. The van der Waals surface area contributed by atoms with Crippen molar-refractivity contribution in [1.82, 2.24) is 9.88 Å². The fourth-order valence-electron chi connectivity index (χ4n) is 4.02. The highest BCUT2D eigenvalue weighted by Gasteiger charge is 2.24. The molecule has 0 amide bonds. The predicted octanol–water partition coefficient (Wildman–Crippen LogP) is 5.02. The van der Waals surface area contributed by atoms with Gasteiger partial charge < -0.3 is 14.6 Å². The Bertz CT molecular complexity index is 1070. The number of thioether (sulfide) groups is 1. The smallest absolute Gasteiger partial charge is 0.232 e. The van der Waals surface area contributed by atoms with E-state index in [0.29, 0.717) is 34.9 Å². The third-order valence-electron chi connectivity index (χ3n) is 5.98. The van der Waals surface area contributed by atoms with Crippen molar-refractivity contribution in [2.75, 3.05) is 38.1 Å². The number of nitrogens with zero attached hydrogens (tertiary/aromatic N) is 5. The molecule has 1 aromatic carbocycles. The summed E-state index contributed by atoms with van der Waals surface area (Å²) in [6.45, 7) is 15.1. The van der Waals surface area contributed by atoms with Crippen molar-refractivity contribution in [1.29, 1.82) is 5.26 Å². The maximum absolute atomic E-state index is 11.2.